The van der Waals surface area contributed by atoms with Gasteiger partial charge in [-0.2, -0.15) is 0 Å². The van der Waals surface area contributed by atoms with Crippen molar-refractivity contribution in [1.29, 1.82) is 0 Å². The van der Waals surface area contributed by atoms with Crippen LogP contribution in [-0.4, -0.2) is 20.7 Å². The molecule has 4 nitrogen and oxygen atoms in total. The Morgan fingerprint density at radius 2 is 2.20 bits per heavy atom. The van der Waals surface area contributed by atoms with Gasteiger partial charge in [-0.25, -0.2) is 8.42 Å². The number of fused-ring (bicyclic) bond motifs is 1. The molecular formula is C10H14N2O2S. The number of nitrogen functional groups attached to an aromatic ring is 1. The summed E-state index contributed by atoms with van der Waals surface area (Å²) in [6.07, 6.45) is 0.750. The predicted octanol–water partition coefficient (Wildman–Crippen LogP) is 0.981. The lowest BCUT2D eigenvalue weighted by Crippen LogP contribution is -2.30. The summed E-state index contributed by atoms with van der Waals surface area (Å²) >= 11 is 0. The molecule has 0 spiro atoms. The first-order valence-electron chi connectivity index (χ1n) is 4.93. The van der Waals surface area contributed by atoms with Crippen LogP contribution >= 0.6 is 0 Å². The summed E-state index contributed by atoms with van der Waals surface area (Å²) in [5, 5.41) is 0. The van der Waals surface area contributed by atoms with E-state index in [0.717, 1.165) is 17.7 Å². The van der Waals surface area contributed by atoms with Crippen molar-refractivity contribution in [3.8, 4) is 0 Å². The van der Waals surface area contributed by atoms with Crippen LogP contribution in [0.1, 0.15) is 12.5 Å². The minimum atomic E-state index is -3.13. The Labute approximate surface area is 89.7 Å². The van der Waals surface area contributed by atoms with E-state index in [0.29, 0.717) is 12.2 Å². The van der Waals surface area contributed by atoms with E-state index in [-0.39, 0.29) is 5.75 Å². The highest BCUT2D eigenvalue weighted by molar-refractivity contribution is 7.92. The number of nitrogens with zero attached hydrogens (tertiary/aromatic N) is 1. The lowest BCUT2D eigenvalue weighted by molar-refractivity contribution is 0.593. The average molecular weight is 226 g/mol. The molecule has 1 aliphatic heterocycles. The van der Waals surface area contributed by atoms with Crippen molar-refractivity contribution in [2.45, 2.75) is 13.3 Å². The van der Waals surface area contributed by atoms with E-state index >= 15 is 0 Å². The molecule has 2 rings (SSSR count). The molecule has 1 heterocycles. The monoisotopic (exact) mass is 226 g/mol. The molecule has 0 saturated heterocycles. The summed E-state index contributed by atoms with van der Waals surface area (Å²) in [5.74, 6) is 0.136. The van der Waals surface area contributed by atoms with Crippen molar-refractivity contribution in [3.05, 3.63) is 23.8 Å². The van der Waals surface area contributed by atoms with Crippen molar-refractivity contribution in [1.82, 2.24) is 0 Å². The lowest BCUT2D eigenvalue weighted by Gasteiger charge is -2.18. The van der Waals surface area contributed by atoms with Gasteiger partial charge >= 0.3 is 0 Å². The summed E-state index contributed by atoms with van der Waals surface area (Å²) in [5.41, 5.74) is 8.14. The molecule has 0 radical (unpaired) electrons. The molecule has 1 aromatic carbocycles. The molecule has 1 aliphatic rings. The SMILES string of the molecule is CCS(=O)(=O)N1CCc2cc(N)ccc21. The fourth-order valence-corrected chi connectivity index (χ4v) is 3.00. The summed E-state index contributed by atoms with van der Waals surface area (Å²) in [6.45, 7) is 2.19. The molecule has 0 amide bonds. The molecule has 0 aliphatic carbocycles. The molecule has 0 atom stereocenters. The van der Waals surface area contributed by atoms with Gasteiger partial charge in [0.2, 0.25) is 10.0 Å². The number of nitrogens with two attached hydrogens (primary N) is 1. The van der Waals surface area contributed by atoms with Crippen LogP contribution in [0.5, 0.6) is 0 Å². The smallest absolute Gasteiger partial charge is 0.234 e. The van der Waals surface area contributed by atoms with Crippen molar-refractivity contribution in [2.24, 2.45) is 0 Å². The van der Waals surface area contributed by atoms with E-state index in [1.165, 1.54) is 4.31 Å². The predicted molar refractivity (Wildman–Crippen MR) is 61.4 cm³/mol. The van der Waals surface area contributed by atoms with Crippen LogP contribution < -0.4 is 10.0 Å². The van der Waals surface area contributed by atoms with Gasteiger partial charge in [-0.15, -0.1) is 0 Å². The number of sulfonamides is 1. The number of anilines is 2. The molecule has 2 N–H and O–H groups in total. The topological polar surface area (TPSA) is 63.4 Å². The Bertz CT molecular complexity index is 482. The second-order valence-electron chi connectivity index (χ2n) is 3.61. The molecule has 5 heteroatoms. The lowest BCUT2D eigenvalue weighted by atomic mass is 10.1. The fourth-order valence-electron chi connectivity index (χ4n) is 1.84. The van der Waals surface area contributed by atoms with E-state index in [1.807, 2.05) is 6.07 Å². The van der Waals surface area contributed by atoms with Gasteiger partial charge in [0.25, 0.3) is 0 Å². The van der Waals surface area contributed by atoms with Crippen molar-refractivity contribution in [2.75, 3.05) is 22.3 Å². The van der Waals surface area contributed by atoms with Crippen LogP contribution in [0.3, 0.4) is 0 Å². The third-order valence-electron chi connectivity index (χ3n) is 2.66. The van der Waals surface area contributed by atoms with Gasteiger partial charge in [0.15, 0.2) is 0 Å². The standard InChI is InChI=1S/C10H14N2O2S/c1-2-15(13,14)12-6-5-8-7-9(11)3-4-10(8)12/h3-4,7H,2,5-6,11H2,1H3. The third-order valence-corrected chi connectivity index (χ3v) is 4.44. The molecule has 0 saturated carbocycles. The Kier molecular flexibility index (Phi) is 2.34. The quantitative estimate of drug-likeness (QED) is 0.765. The second-order valence-corrected chi connectivity index (χ2v) is 5.79. The van der Waals surface area contributed by atoms with Crippen LogP contribution in [0.25, 0.3) is 0 Å². The molecule has 0 fully saturated rings. The van der Waals surface area contributed by atoms with Crippen molar-refractivity contribution >= 4 is 21.4 Å². The average Bonchev–Trinajstić information content (AvgIpc) is 2.61. The first-order valence-corrected chi connectivity index (χ1v) is 6.54. The third kappa shape index (κ3) is 1.67. The van der Waals surface area contributed by atoms with Gasteiger partial charge in [0.05, 0.1) is 11.4 Å². The van der Waals surface area contributed by atoms with Crippen LogP contribution in [-0.2, 0) is 16.4 Å². The van der Waals surface area contributed by atoms with E-state index in [1.54, 1.807) is 19.1 Å². The molecule has 0 unspecified atom stereocenters. The fraction of sp³-hybridized carbons (Fsp3) is 0.400. The minimum absolute atomic E-state index is 0.136. The van der Waals surface area contributed by atoms with Gasteiger partial charge in [0, 0.05) is 12.2 Å². The van der Waals surface area contributed by atoms with E-state index < -0.39 is 10.0 Å². The molecule has 0 aromatic heterocycles. The Morgan fingerprint density at radius 3 is 2.87 bits per heavy atom. The highest BCUT2D eigenvalue weighted by atomic mass is 32.2. The normalized spacial score (nSPS) is 15.4. The van der Waals surface area contributed by atoms with Crippen LogP contribution in [0, 0.1) is 0 Å². The van der Waals surface area contributed by atoms with Crippen LogP contribution in [0.2, 0.25) is 0 Å². The zero-order chi connectivity index (χ0) is 11.1. The molecule has 0 bridgehead atoms. The number of hydrogen-bond acceptors (Lipinski definition) is 3. The Balaban J connectivity index is 2.46. The zero-order valence-electron chi connectivity index (χ0n) is 8.60. The van der Waals surface area contributed by atoms with Gasteiger partial charge in [0.1, 0.15) is 0 Å². The maximum Gasteiger partial charge on any atom is 0.234 e. The summed E-state index contributed by atoms with van der Waals surface area (Å²) in [4.78, 5) is 0. The van der Waals surface area contributed by atoms with Crippen molar-refractivity contribution in [3.63, 3.8) is 0 Å². The number of benzene rings is 1. The summed E-state index contributed by atoms with van der Waals surface area (Å²) in [6, 6.07) is 5.37. The second kappa shape index (κ2) is 3.41. The first-order chi connectivity index (χ1) is 7.04. The number of hydrogen-bond donors (Lipinski definition) is 1. The maximum atomic E-state index is 11.7. The van der Waals surface area contributed by atoms with Crippen LogP contribution in [0.4, 0.5) is 11.4 Å². The van der Waals surface area contributed by atoms with E-state index in [4.69, 9.17) is 5.73 Å². The van der Waals surface area contributed by atoms with Crippen LogP contribution in [0.15, 0.2) is 18.2 Å². The highest BCUT2D eigenvalue weighted by Crippen LogP contribution is 2.31. The zero-order valence-corrected chi connectivity index (χ0v) is 9.42. The summed E-state index contributed by atoms with van der Waals surface area (Å²) in [7, 11) is -3.13. The molecular weight excluding hydrogens is 212 g/mol. The minimum Gasteiger partial charge on any atom is -0.399 e. The maximum absolute atomic E-state index is 11.7. The number of rotatable bonds is 2. The van der Waals surface area contributed by atoms with Gasteiger partial charge in [-0.1, -0.05) is 0 Å². The van der Waals surface area contributed by atoms with Gasteiger partial charge in [-0.3, -0.25) is 4.31 Å². The Morgan fingerprint density at radius 1 is 1.47 bits per heavy atom. The van der Waals surface area contributed by atoms with Gasteiger partial charge in [-0.05, 0) is 37.1 Å². The molecule has 82 valence electrons. The van der Waals surface area contributed by atoms with E-state index in [2.05, 4.69) is 0 Å². The Hall–Kier alpha value is -1.23. The largest absolute Gasteiger partial charge is 0.399 e. The van der Waals surface area contributed by atoms with Crippen molar-refractivity contribution < 1.29 is 8.42 Å². The molecule has 15 heavy (non-hydrogen) atoms. The van der Waals surface area contributed by atoms with Gasteiger partial charge < -0.3 is 5.73 Å². The van der Waals surface area contributed by atoms with E-state index in [9.17, 15) is 8.42 Å². The molecule has 1 aromatic rings. The first kappa shape index (κ1) is 10.3. The highest BCUT2D eigenvalue weighted by Gasteiger charge is 2.27. The summed E-state index contributed by atoms with van der Waals surface area (Å²) < 4.78 is 25.0.